The van der Waals surface area contributed by atoms with Gasteiger partial charge in [-0.2, -0.15) is 5.26 Å². The van der Waals surface area contributed by atoms with Gasteiger partial charge in [0.2, 0.25) is 0 Å². The number of benzene rings is 2. The Morgan fingerprint density at radius 2 is 1.92 bits per heavy atom. The van der Waals surface area contributed by atoms with Gasteiger partial charge in [0, 0.05) is 12.2 Å². The van der Waals surface area contributed by atoms with Crippen LogP contribution in [-0.2, 0) is 9.59 Å². The standard InChI is InChI=1S/C19H16N2O4/c1-12(25-17-9-5-2-6-13(17)10-20)18(22)21-11-15(19(23)24)14-7-3-4-8-16(14)21/h2-9,12,15H,11H2,1H3,(H,23,24)/t12-,15+/m0/s1. The lowest BCUT2D eigenvalue weighted by Crippen LogP contribution is -2.40. The van der Waals surface area contributed by atoms with Gasteiger partial charge >= 0.3 is 5.97 Å². The van der Waals surface area contributed by atoms with Crippen molar-refractivity contribution in [2.75, 3.05) is 11.4 Å². The van der Waals surface area contributed by atoms with Crippen LogP contribution in [0.4, 0.5) is 5.69 Å². The molecular weight excluding hydrogens is 320 g/mol. The number of carbonyl (C=O) groups is 2. The molecule has 1 amide bonds. The molecule has 6 heteroatoms. The molecule has 2 aromatic rings. The van der Waals surface area contributed by atoms with Crippen LogP contribution in [-0.4, -0.2) is 29.6 Å². The number of nitriles is 1. The molecule has 0 saturated heterocycles. The molecular formula is C19H16N2O4. The summed E-state index contributed by atoms with van der Waals surface area (Å²) in [5.41, 5.74) is 1.55. The van der Waals surface area contributed by atoms with Crippen LogP contribution in [0.15, 0.2) is 48.5 Å². The molecule has 0 unspecified atom stereocenters. The molecule has 0 radical (unpaired) electrons. The van der Waals surface area contributed by atoms with Crippen LogP contribution in [0.3, 0.4) is 0 Å². The maximum Gasteiger partial charge on any atom is 0.312 e. The van der Waals surface area contributed by atoms with Gasteiger partial charge in [-0.1, -0.05) is 30.3 Å². The van der Waals surface area contributed by atoms with E-state index in [0.717, 1.165) is 0 Å². The largest absolute Gasteiger partial charge is 0.481 e. The lowest BCUT2D eigenvalue weighted by molar-refractivity contribution is -0.138. The summed E-state index contributed by atoms with van der Waals surface area (Å²) in [5, 5.41) is 18.5. The molecule has 0 fully saturated rings. The van der Waals surface area contributed by atoms with E-state index in [9.17, 15) is 14.7 Å². The minimum atomic E-state index is -0.967. The van der Waals surface area contributed by atoms with Crippen LogP contribution < -0.4 is 9.64 Å². The third-order valence-corrected chi connectivity index (χ3v) is 4.19. The lowest BCUT2D eigenvalue weighted by Gasteiger charge is -2.22. The number of para-hydroxylation sites is 2. The minimum absolute atomic E-state index is 0.0705. The van der Waals surface area contributed by atoms with Crippen molar-refractivity contribution in [3.8, 4) is 11.8 Å². The quantitative estimate of drug-likeness (QED) is 0.926. The van der Waals surface area contributed by atoms with Gasteiger partial charge in [0.15, 0.2) is 6.10 Å². The van der Waals surface area contributed by atoms with E-state index in [1.807, 2.05) is 6.07 Å². The first kappa shape index (κ1) is 16.5. The summed E-state index contributed by atoms with van der Waals surface area (Å²) in [6, 6.07) is 15.7. The maximum atomic E-state index is 12.8. The van der Waals surface area contributed by atoms with E-state index in [2.05, 4.69) is 0 Å². The van der Waals surface area contributed by atoms with E-state index >= 15 is 0 Å². The zero-order valence-corrected chi connectivity index (χ0v) is 13.5. The van der Waals surface area contributed by atoms with Gasteiger partial charge < -0.3 is 14.7 Å². The molecule has 2 atom stereocenters. The first-order chi connectivity index (χ1) is 12.0. The third kappa shape index (κ3) is 3.04. The predicted octanol–water partition coefficient (Wildman–Crippen LogP) is 2.54. The van der Waals surface area contributed by atoms with Crippen molar-refractivity contribution in [3.05, 3.63) is 59.7 Å². The van der Waals surface area contributed by atoms with Gasteiger partial charge in [0.25, 0.3) is 5.91 Å². The first-order valence-corrected chi connectivity index (χ1v) is 7.82. The molecule has 0 aliphatic carbocycles. The van der Waals surface area contributed by atoms with E-state index in [1.165, 1.54) is 4.90 Å². The summed E-state index contributed by atoms with van der Waals surface area (Å²) in [4.78, 5) is 25.7. The summed E-state index contributed by atoms with van der Waals surface area (Å²) in [6.07, 6.45) is -0.852. The van der Waals surface area contributed by atoms with Crippen molar-refractivity contribution in [1.29, 1.82) is 5.26 Å². The number of ether oxygens (including phenoxy) is 1. The Bertz CT molecular complexity index is 872. The Hall–Kier alpha value is -3.33. The molecule has 1 aliphatic rings. The summed E-state index contributed by atoms with van der Waals surface area (Å²) in [6.45, 7) is 1.66. The van der Waals surface area contributed by atoms with Crippen molar-refractivity contribution >= 4 is 17.6 Å². The Balaban J connectivity index is 1.84. The summed E-state index contributed by atoms with van der Waals surface area (Å²) in [5.74, 6) is -1.73. The number of rotatable bonds is 4. The van der Waals surface area contributed by atoms with E-state index in [4.69, 9.17) is 10.00 Å². The van der Waals surface area contributed by atoms with E-state index in [0.29, 0.717) is 22.6 Å². The van der Waals surface area contributed by atoms with Gasteiger partial charge in [-0.25, -0.2) is 0 Å². The number of carbonyl (C=O) groups excluding carboxylic acids is 1. The molecule has 25 heavy (non-hydrogen) atoms. The fourth-order valence-corrected chi connectivity index (χ4v) is 2.95. The fourth-order valence-electron chi connectivity index (χ4n) is 2.95. The molecule has 1 aliphatic heterocycles. The van der Waals surface area contributed by atoms with Crippen LogP contribution in [0.1, 0.15) is 24.0 Å². The van der Waals surface area contributed by atoms with Crippen LogP contribution in [0.5, 0.6) is 5.75 Å². The monoisotopic (exact) mass is 336 g/mol. The number of carboxylic acid groups (broad SMARTS) is 1. The Morgan fingerprint density at radius 1 is 1.24 bits per heavy atom. The maximum absolute atomic E-state index is 12.8. The smallest absolute Gasteiger partial charge is 0.312 e. The lowest BCUT2D eigenvalue weighted by atomic mass is 10.0. The van der Waals surface area contributed by atoms with Crippen molar-refractivity contribution < 1.29 is 19.4 Å². The van der Waals surface area contributed by atoms with Gasteiger partial charge in [-0.15, -0.1) is 0 Å². The Morgan fingerprint density at radius 3 is 2.64 bits per heavy atom. The van der Waals surface area contributed by atoms with Crippen LogP contribution in [0.2, 0.25) is 0 Å². The van der Waals surface area contributed by atoms with Gasteiger partial charge in [-0.05, 0) is 30.7 Å². The van der Waals surface area contributed by atoms with Crippen molar-refractivity contribution in [2.24, 2.45) is 0 Å². The number of carboxylic acids is 1. The number of amides is 1. The summed E-state index contributed by atoms with van der Waals surface area (Å²) >= 11 is 0. The number of hydrogen-bond acceptors (Lipinski definition) is 4. The summed E-state index contributed by atoms with van der Waals surface area (Å²) in [7, 11) is 0. The highest BCUT2D eigenvalue weighted by atomic mass is 16.5. The Kier molecular flexibility index (Phi) is 4.40. The highest BCUT2D eigenvalue weighted by molar-refractivity contribution is 6.01. The van der Waals surface area contributed by atoms with Crippen LogP contribution >= 0.6 is 0 Å². The molecule has 0 spiro atoms. The van der Waals surface area contributed by atoms with Gasteiger partial charge in [0.1, 0.15) is 17.7 Å². The molecule has 1 heterocycles. The second-order valence-corrected chi connectivity index (χ2v) is 5.77. The van der Waals surface area contributed by atoms with E-state index < -0.39 is 18.0 Å². The zero-order chi connectivity index (χ0) is 18.0. The van der Waals surface area contributed by atoms with E-state index in [-0.39, 0.29) is 12.5 Å². The SMILES string of the molecule is C[C@H](Oc1ccccc1C#N)C(=O)N1C[C@@H](C(=O)O)c2ccccc21. The van der Waals surface area contributed by atoms with Crippen molar-refractivity contribution in [2.45, 2.75) is 18.9 Å². The predicted molar refractivity (Wildman–Crippen MR) is 90.4 cm³/mol. The van der Waals surface area contributed by atoms with Crippen molar-refractivity contribution in [3.63, 3.8) is 0 Å². The van der Waals surface area contributed by atoms with Gasteiger partial charge in [-0.3, -0.25) is 9.59 Å². The highest BCUT2D eigenvalue weighted by Crippen LogP contribution is 2.36. The molecule has 0 aromatic heterocycles. The van der Waals surface area contributed by atoms with Gasteiger partial charge in [0.05, 0.1) is 5.56 Å². The minimum Gasteiger partial charge on any atom is -0.481 e. The first-order valence-electron chi connectivity index (χ1n) is 7.82. The molecule has 2 aromatic carbocycles. The molecule has 1 N–H and O–H groups in total. The van der Waals surface area contributed by atoms with E-state index in [1.54, 1.807) is 55.5 Å². The molecule has 0 bridgehead atoms. The highest BCUT2D eigenvalue weighted by Gasteiger charge is 2.38. The second-order valence-electron chi connectivity index (χ2n) is 5.77. The number of aliphatic carboxylic acids is 1. The Labute approximate surface area is 144 Å². The summed E-state index contributed by atoms with van der Waals surface area (Å²) < 4.78 is 5.66. The average molecular weight is 336 g/mol. The van der Waals surface area contributed by atoms with Crippen molar-refractivity contribution in [1.82, 2.24) is 0 Å². The molecule has 0 saturated carbocycles. The number of nitrogens with zero attached hydrogens (tertiary/aromatic N) is 2. The second kappa shape index (κ2) is 6.65. The average Bonchev–Trinajstić information content (AvgIpc) is 3.01. The molecule has 126 valence electrons. The fraction of sp³-hybridized carbons (Fsp3) is 0.211. The zero-order valence-electron chi connectivity index (χ0n) is 13.5. The number of hydrogen-bond donors (Lipinski definition) is 1. The topological polar surface area (TPSA) is 90.6 Å². The van der Waals surface area contributed by atoms with Crippen LogP contribution in [0, 0.1) is 11.3 Å². The third-order valence-electron chi connectivity index (χ3n) is 4.19. The normalized spacial score (nSPS) is 16.6. The molecule has 6 nitrogen and oxygen atoms in total. The molecule has 3 rings (SSSR count). The number of anilines is 1. The van der Waals surface area contributed by atoms with Crippen LogP contribution in [0.25, 0.3) is 0 Å². The number of fused-ring (bicyclic) bond motifs is 1.